The number of unbranched alkanes of at least 4 members (excludes halogenated alkanes) is 2. The van der Waals surface area contributed by atoms with Crippen molar-refractivity contribution in [3.63, 3.8) is 0 Å². The molecule has 1 unspecified atom stereocenters. The number of hydrogen-bond donors (Lipinski definition) is 2. The van der Waals surface area contributed by atoms with Gasteiger partial charge in [0.15, 0.2) is 0 Å². The molecular formula is C51H84N4O20. The molecule has 1 atom stereocenters. The molecule has 24 nitrogen and oxygen atoms in total. The van der Waals surface area contributed by atoms with Crippen LogP contribution in [0.2, 0.25) is 0 Å². The fraction of sp³-hybridized carbons (Fsp3) is 0.765. The van der Waals surface area contributed by atoms with E-state index in [2.05, 4.69) is 10.6 Å². The summed E-state index contributed by atoms with van der Waals surface area (Å²) in [6.45, 7) is 17.8. The highest BCUT2D eigenvalue weighted by atomic mass is 16.6. The van der Waals surface area contributed by atoms with Crippen LogP contribution in [0.1, 0.15) is 80.0 Å². The lowest BCUT2D eigenvalue weighted by molar-refractivity contribution is -0.136. The Balaban J connectivity index is 0.939. The van der Waals surface area contributed by atoms with Gasteiger partial charge >= 0.3 is 6.09 Å². The van der Waals surface area contributed by atoms with Crippen molar-refractivity contribution in [1.29, 1.82) is 0 Å². The Bertz CT molecular complexity index is 1770. The molecule has 2 aliphatic rings. The van der Waals surface area contributed by atoms with Gasteiger partial charge in [0, 0.05) is 33.0 Å². The first kappa shape index (κ1) is 65.0. The monoisotopic (exact) mass is 1070 g/mol. The zero-order valence-corrected chi connectivity index (χ0v) is 44.7. The number of amides is 6. The number of benzene rings is 1. The summed E-state index contributed by atoms with van der Waals surface area (Å²) in [5, 5.41) is 4.91. The number of carbonyl (C=O) groups is 6. The minimum absolute atomic E-state index is 0.0233. The summed E-state index contributed by atoms with van der Waals surface area (Å²) in [6.07, 6.45) is 2.04. The second kappa shape index (κ2) is 40.9. The molecule has 2 N–H and O–H groups in total. The van der Waals surface area contributed by atoms with Gasteiger partial charge in [-0.15, -0.1) is 0 Å². The molecule has 0 spiro atoms. The average Bonchev–Trinajstić information content (AvgIpc) is 3.63. The van der Waals surface area contributed by atoms with Crippen LogP contribution in [0.25, 0.3) is 0 Å². The van der Waals surface area contributed by atoms with Crippen molar-refractivity contribution in [3.8, 4) is 0 Å². The van der Waals surface area contributed by atoms with Crippen molar-refractivity contribution in [2.75, 3.05) is 191 Å². The Morgan fingerprint density at radius 3 is 1.36 bits per heavy atom. The fourth-order valence-corrected chi connectivity index (χ4v) is 6.87. The molecule has 24 heteroatoms. The number of anilines is 1. The normalized spacial score (nSPS) is 14.7. The van der Waals surface area contributed by atoms with Crippen LogP contribution in [0.5, 0.6) is 0 Å². The van der Waals surface area contributed by atoms with Crippen LogP contribution in [0.3, 0.4) is 0 Å². The lowest BCUT2D eigenvalue weighted by Gasteiger charge is -2.27. The summed E-state index contributed by atoms with van der Waals surface area (Å²) in [5.41, 5.74) is -0.157. The molecule has 0 saturated carbocycles. The SMILES string of the molecule is CN(CCOCCOCCOCCOCCOCCOCCOCCOCCOCCOCCOCCOCCOCCCCCC(=O)Nc1cccc2c1C(=O)N(C1CCC(=O)NC1=O)C2=O)C(=O)OC(C)(C)C. The van der Waals surface area contributed by atoms with Gasteiger partial charge < -0.3 is 76.5 Å². The predicted molar refractivity (Wildman–Crippen MR) is 270 cm³/mol. The highest BCUT2D eigenvalue weighted by Crippen LogP contribution is 2.32. The third-order valence-corrected chi connectivity index (χ3v) is 10.7. The van der Waals surface area contributed by atoms with E-state index in [4.69, 9.17) is 66.3 Å². The number of ether oxygens (including phenoxy) is 14. The van der Waals surface area contributed by atoms with Gasteiger partial charge in [0.25, 0.3) is 11.8 Å². The van der Waals surface area contributed by atoms with Crippen LogP contribution < -0.4 is 10.6 Å². The number of rotatable bonds is 47. The van der Waals surface area contributed by atoms with Gasteiger partial charge in [-0.1, -0.05) is 12.5 Å². The van der Waals surface area contributed by atoms with E-state index in [0.717, 1.165) is 17.7 Å². The van der Waals surface area contributed by atoms with E-state index in [1.165, 1.54) is 11.0 Å². The van der Waals surface area contributed by atoms with Gasteiger partial charge in [-0.05, 0) is 52.2 Å². The third kappa shape index (κ3) is 30.3. The van der Waals surface area contributed by atoms with Gasteiger partial charge in [0.1, 0.15) is 11.6 Å². The molecule has 0 bridgehead atoms. The van der Waals surface area contributed by atoms with E-state index < -0.39 is 35.3 Å². The van der Waals surface area contributed by atoms with Crippen LogP contribution in [0, 0.1) is 0 Å². The lowest BCUT2D eigenvalue weighted by atomic mass is 10.0. The van der Waals surface area contributed by atoms with Gasteiger partial charge in [0.2, 0.25) is 17.7 Å². The maximum absolute atomic E-state index is 13.2. The number of fused-ring (bicyclic) bond motifs is 1. The highest BCUT2D eigenvalue weighted by Gasteiger charge is 2.45. The molecule has 75 heavy (non-hydrogen) atoms. The molecule has 3 rings (SSSR count). The highest BCUT2D eigenvalue weighted by molar-refractivity contribution is 6.26. The Morgan fingerprint density at radius 2 is 0.960 bits per heavy atom. The lowest BCUT2D eigenvalue weighted by Crippen LogP contribution is -2.54. The Labute approximate surface area is 441 Å². The topological polar surface area (TPSA) is 262 Å². The number of nitrogens with zero attached hydrogens (tertiary/aromatic N) is 2. The van der Waals surface area contributed by atoms with Crippen molar-refractivity contribution in [1.82, 2.24) is 15.1 Å². The van der Waals surface area contributed by atoms with Crippen molar-refractivity contribution < 1.29 is 95.1 Å². The molecule has 0 aliphatic carbocycles. The number of likely N-dealkylation sites (N-methyl/N-ethyl adjacent to an activating group) is 1. The smallest absolute Gasteiger partial charge is 0.410 e. The summed E-state index contributed by atoms with van der Waals surface area (Å²) in [7, 11) is 1.67. The van der Waals surface area contributed by atoms with Crippen molar-refractivity contribution >= 4 is 41.3 Å². The van der Waals surface area contributed by atoms with Crippen LogP contribution in [-0.2, 0) is 80.7 Å². The zero-order chi connectivity index (χ0) is 54.2. The largest absolute Gasteiger partial charge is 0.444 e. The minimum atomic E-state index is -1.08. The molecule has 0 radical (unpaired) electrons. The molecule has 1 saturated heterocycles. The summed E-state index contributed by atoms with van der Waals surface area (Å²) < 4.78 is 77.0. The molecule has 1 aromatic carbocycles. The van der Waals surface area contributed by atoms with Gasteiger partial charge in [-0.3, -0.25) is 34.2 Å². The third-order valence-electron chi connectivity index (χ3n) is 10.7. The molecule has 0 aromatic heterocycles. The molecule has 1 fully saturated rings. The molecule has 2 aliphatic heterocycles. The van der Waals surface area contributed by atoms with Gasteiger partial charge in [0.05, 0.1) is 182 Å². The summed E-state index contributed by atoms with van der Waals surface area (Å²) in [5.74, 6) is -2.74. The first-order valence-electron chi connectivity index (χ1n) is 26.0. The van der Waals surface area contributed by atoms with Crippen molar-refractivity contribution in [3.05, 3.63) is 29.3 Å². The fourth-order valence-electron chi connectivity index (χ4n) is 6.87. The van der Waals surface area contributed by atoms with E-state index in [9.17, 15) is 28.8 Å². The number of hydrogen-bond acceptors (Lipinski definition) is 20. The van der Waals surface area contributed by atoms with Crippen LogP contribution in [0.4, 0.5) is 10.5 Å². The quantitative estimate of drug-likeness (QED) is 0.0702. The van der Waals surface area contributed by atoms with Crippen molar-refractivity contribution in [2.45, 2.75) is 70.9 Å². The first-order valence-corrected chi connectivity index (χ1v) is 26.0. The number of imide groups is 2. The van der Waals surface area contributed by atoms with Crippen LogP contribution in [0.15, 0.2) is 18.2 Å². The first-order chi connectivity index (χ1) is 36.4. The van der Waals surface area contributed by atoms with E-state index in [-0.39, 0.29) is 48.1 Å². The number of piperidine rings is 1. The Hall–Kier alpha value is -4.28. The second-order valence-corrected chi connectivity index (χ2v) is 17.9. The maximum Gasteiger partial charge on any atom is 0.410 e. The van der Waals surface area contributed by atoms with E-state index in [0.29, 0.717) is 185 Å². The minimum Gasteiger partial charge on any atom is -0.444 e. The molecule has 6 amide bonds. The zero-order valence-electron chi connectivity index (χ0n) is 44.7. The average molecular weight is 1070 g/mol. The summed E-state index contributed by atoms with van der Waals surface area (Å²) in [4.78, 5) is 77.1. The summed E-state index contributed by atoms with van der Waals surface area (Å²) >= 11 is 0. The standard InChI is InChI=1S/C51H84N4O20/c1-51(2,3)75-50(61)54(4)14-16-63-18-20-65-22-24-67-26-28-69-30-32-71-34-36-73-38-40-74-39-37-72-35-33-70-31-29-68-27-25-66-23-21-64-19-17-62-15-7-5-6-11-44(56)52-42-10-8-9-41-46(42)49(60)55(48(41)59)43-12-13-45(57)53-47(43)58/h8-10,43H,5-7,11-40H2,1-4H3,(H,52,56)(H,53,57,58). The van der Waals surface area contributed by atoms with E-state index in [1.807, 2.05) is 20.8 Å². The molecule has 1 aromatic rings. The maximum atomic E-state index is 13.2. The Morgan fingerprint density at radius 1 is 0.560 bits per heavy atom. The van der Waals surface area contributed by atoms with Crippen molar-refractivity contribution in [2.24, 2.45) is 0 Å². The van der Waals surface area contributed by atoms with Gasteiger partial charge in [-0.25, -0.2) is 4.79 Å². The summed E-state index contributed by atoms with van der Waals surface area (Å²) in [6, 6.07) is 3.52. The van der Waals surface area contributed by atoms with Crippen LogP contribution in [-0.4, -0.2) is 242 Å². The number of nitrogens with one attached hydrogen (secondary N) is 2. The van der Waals surface area contributed by atoms with Crippen LogP contribution >= 0.6 is 0 Å². The van der Waals surface area contributed by atoms with Gasteiger partial charge in [-0.2, -0.15) is 0 Å². The molecular weight excluding hydrogens is 989 g/mol. The molecule has 2 heterocycles. The molecule has 428 valence electrons. The Kier molecular flexibility index (Phi) is 35.5. The second-order valence-electron chi connectivity index (χ2n) is 17.9. The van der Waals surface area contributed by atoms with E-state index in [1.54, 1.807) is 19.2 Å². The van der Waals surface area contributed by atoms with E-state index >= 15 is 0 Å². The number of carbonyl (C=O) groups excluding carboxylic acids is 6. The predicted octanol–water partition coefficient (Wildman–Crippen LogP) is 2.67.